The average molecular weight is 361 g/mol. The van der Waals surface area contributed by atoms with E-state index in [1.54, 1.807) is 0 Å². The van der Waals surface area contributed by atoms with Crippen LogP contribution in [0.5, 0.6) is 5.75 Å². The first-order valence-corrected chi connectivity index (χ1v) is 8.44. The molecule has 25 heavy (non-hydrogen) atoms. The molecule has 0 spiro atoms. The van der Waals surface area contributed by atoms with E-state index >= 15 is 0 Å². The molecule has 0 fully saturated rings. The highest BCUT2D eigenvalue weighted by molar-refractivity contribution is 5.95. The van der Waals surface area contributed by atoms with Gasteiger partial charge in [0.1, 0.15) is 5.75 Å². The van der Waals surface area contributed by atoms with Crippen molar-refractivity contribution in [1.29, 1.82) is 0 Å². The van der Waals surface area contributed by atoms with Crippen LogP contribution in [0, 0.1) is 13.8 Å². The van der Waals surface area contributed by atoms with Gasteiger partial charge in [0.15, 0.2) is 0 Å². The van der Waals surface area contributed by atoms with Gasteiger partial charge in [-0.05, 0) is 61.6 Å². The van der Waals surface area contributed by atoms with Gasteiger partial charge < -0.3 is 15.4 Å². The van der Waals surface area contributed by atoms with E-state index in [4.69, 9.17) is 10.5 Å². The summed E-state index contributed by atoms with van der Waals surface area (Å²) in [5, 5.41) is 0. The van der Waals surface area contributed by atoms with Gasteiger partial charge in [0.25, 0.3) is 0 Å². The van der Waals surface area contributed by atoms with E-state index in [2.05, 4.69) is 13.0 Å². The summed E-state index contributed by atoms with van der Waals surface area (Å²) in [7, 11) is 0. The lowest BCUT2D eigenvalue weighted by Gasteiger charge is -2.30. The molecule has 134 valence electrons. The molecule has 0 radical (unpaired) electrons. The number of carbonyl (C=O) groups excluding carboxylic acids is 1. The lowest BCUT2D eigenvalue weighted by Crippen LogP contribution is -2.36. The Morgan fingerprint density at radius 2 is 1.96 bits per heavy atom. The topological polar surface area (TPSA) is 55.6 Å². The van der Waals surface area contributed by atoms with Crippen LogP contribution in [0.1, 0.15) is 29.5 Å². The quantitative estimate of drug-likeness (QED) is 0.836. The third kappa shape index (κ3) is 4.07. The summed E-state index contributed by atoms with van der Waals surface area (Å²) in [5.41, 5.74) is 11.2. The second-order valence-corrected chi connectivity index (χ2v) is 6.29. The predicted octanol–water partition coefficient (Wildman–Crippen LogP) is 4.06. The molecule has 1 aliphatic rings. The molecule has 5 heteroatoms. The summed E-state index contributed by atoms with van der Waals surface area (Å²) in [6, 6.07) is 11.8. The number of hydrogen-bond donors (Lipinski definition) is 1. The Kier molecular flexibility index (Phi) is 6.32. The molecule has 0 atom stereocenters. The minimum Gasteiger partial charge on any atom is -0.493 e. The number of amides is 1. The highest BCUT2D eigenvalue weighted by Gasteiger charge is 2.23. The Bertz CT molecular complexity index is 761. The second kappa shape index (κ2) is 8.26. The number of nitrogen functional groups attached to an aromatic ring is 1. The van der Waals surface area contributed by atoms with Gasteiger partial charge in [-0.3, -0.25) is 4.79 Å². The lowest BCUT2D eigenvalue weighted by molar-refractivity contribution is -0.119. The largest absolute Gasteiger partial charge is 0.493 e. The van der Waals surface area contributed by atoms with E-state index in [0.717, 1.165) is 47.6 Å². The molecular formula is C20H25ClN2O2. The lowest BCUT2D eigenvalue weighted by atomic mass is 9.99. The molecule has 2 N–H and O–H groups in total. The van der Waals surface area contributed by atoms with Gasteiger partial charge in [0, 0.05) is 17.9 Å². The number of aryl methyl sites for hydroxylation is 1. The van der Waals surface area contributed by atoms with Crippen molar-refractivity contribution >= 4 is 29.7 Å². The van der Waals surface area contributed by atoms with Gasteiger partial charge in [-0.25, -0.2) is 0 Å². The van der Waals surface area contributed by atoms with E-state index in [1.165, 1.54) is 5.56 Å². The molecule has 1 heterocycles. The van der Waals surface area contributed by atoms with Crippen molar-refractivity contribution in [2.24, 2.45) is 0 Å². The number of benzene rings is 2. The number of anilines is 2. The second-order valence-electron chi connectivity index (χ2n) is 6.29. The van der Waals surface area contributed by atoms with Crippen LogP contribution in [0.25, 0.3) is 0 Å². The fourth-order valence-electron chi connectivity index (χ4n) is 3.17. The number of nitrogens with zero attached hydrogens (tertiary/aromatic N) is 1. The summed E-state index contributed by atoms with van der Waals surface area (Å²) in [4.78, 5) is 14.5. The Hall–Kier alpha value is -2.20. The molecular weight excluding hydrogens is 336 g/mol. The van der Waals surface area contributed by atoms with Gasteiger partial charge in [-0.15, -0.1) is 12.4 Å². The minimum atomic E-state index is 0. The van der Waals surface area contributed by atoms with Crippen LogP contribution >= 0.6 is 12.4 Å². The monoisotopic (exact) mass is 360 g/mol. The molecule has 3 rings (SSSR count). The smallest absolute Gasteiger partial charge is 0.230 e. The number of ether oxygens (including phenoxy) is 1. The fraction of sp³-hybridized carbons (Fsp3) is 0.350. The van der Waals surface area contributed by atoms with Crippen LogP contribution in [0.15, 0.2) is 36.4 Å². The van der Waals surface area contributed by atoms with Gasteiger partial charge in [-0.1, -0.05) is 18.2 Å². The summed E-state index contributed by atoms with van der Waals surface area (Å²) >= 11 is 0. The Morgan fingerprint density at radius 1 is 1.20 bits per heavy atom. The fourth-order valence-corrected chi connectivity index (χ4v) is 3.17. The van der Waals surface area contributed by atoms with Gasteiger partial charge in [0.2, 0.25) is 5.91 Å². The molecule has 0 bridgehead atoms. The first kappa shape index (κ1) is 19.1. The first-order chi connectivity index (χ1) is 11.6. The molecule has 2 aromatic rings. The predicted molar refractivity (Wildman–Crippen MR) is 105 cm³/mol. The average Bonchev–Trinajstić information content (AvgIpc) is 2.58. The van der Waals surface area contributed by atoms with Crippen LogP contribution in [0.2, 0.25) is 0 Å². The van der Waals surface area contributed by atoms with Crippen molar-refractivity contribution < 1.29 is 9.53 Å². The van der Waals surface area contributed by atoms with Crippen molar-refractivity contribution in [3.05, 3.63) is 53.1 Å². The summed E-state index contributed by atoms with van der Waals surface area (Å²) in [6.07, 6.45) is 2.25. The number of halogens is 1. The summed E-state index contributed by atoms with van der Waals surface area (Å²) in [6.45, 7) is 5.23. The van der Waals surface area contributed by atoms with E-state index in [0.29, 0.717) is 13.0 Å². The molecule has 1 amide bonds. The third-order valence-corrected chi connectivity index (χ3v) is 4.72. The highest BCUT2D eigenvalue weighted by Crippen LogP contribution is 2.31. The summed E-state index contributed by atoms with van der Waals surface area (Å²) in [5.74, 6) is 0.943. The first-order valence-electron chi connectivity index (χ1n) is 8.44. The number of nitrogens with two attached hydrogens (primary N) is 1. The van der Waals surface area contributed by atoms with Crippen molar-refractivity contribution in [1.82, 2.24) is 0 Å². The van der Waals surface area contributed by atoms with Crippen molar-refractivity contribution in [2.45, 2.75) is 33.1 Å². The molecule has 4 nitrogen and oxygen atoms in total. The zero-order valence-corrected chi connectivity index (χ0v) is 15.6. The van der Waals surface area contributed by atoms with Gasteiger partial charge in [-0.2, -0.15) is 0 Å². The molecule has 0 saturated heterocycles. The zero-order chi connectivity index (χ0) is 17.1. The van der Waals surface area contributed by atoms with Crippen molar-refractivity contribution in [3.8, 4) is 5.75 Å². The van der Waals surface area contributed by atoms with E-state index in [9.17, 15) is 4.79 Å². The maximum atomic E-state index is 12.6. The zero-order valence-electron chi connectivity index (χ0n) is 14.7. The molecule has 0 aliphatic carbocycles. The highest BCUT2D eigenvalue weighted by atomic mass is 35.5. The summed E-state index contributed by atoms with van der Waals surface area (Å²) < 4.78 is 5.82. The van der Waals surface area contributed by atoms with E-state index < -0.39 is 0 Å². The molecule has 1 aliphatic heterocycles. The van der Waals surface area contributed by atoms with Crippen molar-refractivity contribution in [2.75, 3.05) is 23.8 Å². The molecule has 0 saturated carbocycles. The van der Waals surface area contributed by atoms with E-state index in [1.807, 2.05) is 42.2 Å². The molecule has 0 unspecified atom stereocenters. The van der Waals surface area contributed by atoms with Crippen LogP contribution in [-0.2, 0) is 11.2 Å². The Morgan fingerprint density at radius 3 is 2.76 bits per heavy atom. The van der Waals surface area contributed by atoms with Gasteiger partial charge >= 0.3 is 0 Å². The van der Waals surface area contributed by atoms with Crippen LogP contribution in [0.4, 0.5) is 11.4 Å². The number of carbonyl (C=O) groups is 1. The number of rotatable bonds is 4. The maximum absolute atomic E-state index is 12.6. The van der Waals surface area contributed by atoms with Crippen molar-refractivity contribution in [3.63, 3.8) is 0 Å². The number of hydrogen-bond acceptors (Lipinski definition) is 3. The SMILES string of the molecule is Cc1cccc(OCCC(=O)N2CCCc3c(N)cccc32)c1C.Cl. The van der Waals surface area contributed by atoms with Gasteiger partial charge in [0.05, 0.1) is 13.0 Å². The minimum absolute atomic E-state index is 0. The molecule has 0 aromatic heterocycles. The standard InChI is InChI=1S/C20H24N2O2.ClH/c1-14-6-3-10-19(15(14)2)24-13-11-20(23)22-12-5-7-16-17(21)8-4-9-18(16)22;/h3-4,6,8-10H,5,7,11-13,21H2,1-2H3;1H. The maximum Gasteiger partial charge on any atom is 0.230 e. The van der Waals surface area contributed by atoms with E-state index in [-0.39, 0.29) is 18.3 Å². The molecule has 2 aromatic carbocycles. The number of fused-ring (bicyclic) bond motifs is 1. The third-order valence-electron chi connectivity index (χ3n) is 4.72. The Balaban J connectivity index is 0.00000225. The normalized spacial score (nSPS) is 13.0. The van der Waals surface area contributed by atoms with Crippen LogP contribution < -0.4 is 15.4 Å². The Labute approximate surface area is 155 Å². The van der Waals surface area contributed by atoms with Crippen LogP contribution in [-0.4, -0.2) is 19.1 Å². The van der Waals surface area contributed by atoms with Crippen LogP contribution in [0.3, 0.4) is 0 Å².